The average molecular weight is 416 g/mol. The van der Waals surface area contributed by atoms with Crippen LogP contribution in [-0.2, 0) is 6.54 Å². The average Bonchev–Trinajstić information content (AvgIpc) is 2.52. The lowest BCUT2D eigenvalue weighted by atomic mass is 10.2. The Morgan fingerprint density at radius 1 is 1.36 bits per heavy atom. The summed E-state index contributed by atoms with van der Waals surface area (Å²) in [4.78, 5) is 11.1. The van der Waals surface area contributed by atoms with Gasteiger partial charge in [-0.05, 0) is 38.3 Å². The molecule has 0 atom stereocenters. The van der Waals surface area contributed by atoms with E-state index in [0.29, 0.717) is 6.54 Å². The van der Waals surface area contributed by atoms with Crippen molar-refractivity contribution in [3.63, 3.8) is 0 Å². The van der Waals surface area contributed by atoms with E-state index in [-0.39, 0.29) is 24.0 Å². The summed E-state index contributed by atoms with van der Waals surface area (Å²) in [5.74, 6) is 0.951. The number of unbranched alkanes of at least 4 members (excludes halogenated alkanes) is 3. The summed E-state index contributed by atoms with van der Waals surface area (Å²) in [5, 5.41) is 3.34. The maximum absolute atomic E-state index is 4.65. The lowest BCUT2D eigenvalue weighted by molar-refractivity contribution is 0.455. The van der Waals surface area contributed by atoms with Crippen LogP contribution in [0.3, 0.4) is 0 Å². The van der Waals surface area contributed by atoms with Crippen LogP contribution in [-0.4, -0.2) is 36.0 Å². The summed E-state index contributed by atoms with van der Waals surface area (Å²) in [7, 11) is 2.09. The molecule has 0 aliphatic carbocycles. The van der Waals surface area contributed by atoms with E-state index in [1.54, 1.807) is 6.20 Å². The molecule has 0 fully saturated rings. The first-order valence-electron chi connectivity index (χ1n) is 7.78. The first-order chi connectivity index (χ1) is 10.3. The predicted molar refractivity (Wildman–Crippen MR) is 106 cm³/mol. The Hall–Kier alpha value is -1.11. The van der Waals surface area contributed by atoms with Crippen LogP contribution in [0.2, 0.25) is 0 Å². The van der Waals surface area contributed by atoms with Gasteiger partial charge in [-0.1, -0.05) is 18.6 Å². The van der Waals surface area contributed by atoms with Crippen LogP contribution in [0.15, 0.2) is 42.0 Å². The van der Waals surface area contributed by atoms with Gasteiger partial charge in [0.25, 0.3) is 0 Å². The van der Waals surface area contributed by atoms with Crippen molar-refractivity contribution in [3.05, 3.63) is 42.7 Å². The number of allylic oxidation sites excluding steroid dienone is 1. The van der Waals surface area contributed by atoms with Crippen LogP contribution in [0.5, 0.6) is 0 Å². The van der Waals surface area contributed by atoms with Crippen molar-refractivity contribution in [2.45, 2.75) is 39.2 Å². The van der Waals surface area contributed by atoms with Crippen LogP contribution in [0.4, 0.5) is 0 Å². The lowest BCUT2D eigenvalue weighted by Crippen LogP contribution is -2.39. The Morgan fingerprint density at radius 2 is 2.18 bits per heavy atom. The van der Waals surface area contributed by atoms with Gasteiger partial charge < -0.3 is 10.2 Å². The van der Waals surface area contributed by atoms with Gasteiger partial charge in [0.15, 0.2) is 5.96 Å². The molecule has 0 unspecified atom stereocenters. The zero-order chi connectivity index (χ0) is 15.3. The maximum Gasteiger partial charge on any atom is 0.194 e. The third kappa shape index (κ3) is 9.02. The molecule has 0 aliphatic rings. The largest absolute Gasteiger partial charge is 0.357 e. The Labute approximate surface area is 152 Å². The molecule has 0 aliphatic heterocycles. The highest BCUT2D eigenvalue weighted by Gasteiger charge is 2.05. The summed E-state index contributed by atoms with van der Waals surface area (Å²) < 4.78 is 0. The smallest absolute Gasteiger partial charge is 0.194 e. The molecule has 124 valence electrons. The second-order valence-electron chi connectivity index (χ2n) is 5.05. The summed E-state index contributed by atoms with van der Waals surface area (Å²) >= 11 is 0. The van der Waals surface area contributed by atoms with E-state index in [0.717, 1.165) is 31.2 Å². The van der Waals surface area contributed by atoms with Gasteiger partial charge in [0.05, 0.1) is 12.2 Å². The van der Waals surface area contributed by atoms with E-state index in [1.165, 1.54) is 19.3 Å². The van der Waals surface area contributed by atoms with Gasteiger partial charge in [-0.25, -0.2) is 4.99 Å². The van der Waals surface area contributed by atoms with Crippen molar-refractivity contribution in [1.82, 2.24) is 15.2 Å². The zero-order valence-electron chi connectivity index (χ0n) is 13.8. The Balaban J connectivity index is 0.00000441. The molecule has 4 nitrogen and oxygen atoms in total. The number of halogens is 1. The molecule has 0 saturated carbocycles. The van der Waals surface area contributed by atoms with Crippen LogP contribution < -0.4 is 5.32 Å². The van der Waals surface area contributed by atoms with Crippen molar-refractivity contribution in [2.24, 2.45) is 4.99 Å². The van der Waals surface area contributed by atoms with Crippen molar-refractivity contribution < 1.29 is 0 Å². The minimum atomic E-state index is 0. The predicted octanol–water partition coefficient (Wildman–Crippen LogP) is 3.84. The van der Waals surface area contributed by atoms with E-state index >= 15 is 0 Å². The summed E-state index contributed by atoms with van der Waals surface area (Å²) in [6.45, 7) is 8.36. The molecule has 0 saturated heterocycles. The normalized spacial score (nSPS) is 10.7. The molecule has 5 heteroatoms. The zero-order valence-corrected chi connectivity index (χ0v) is 16.1. The van der Waals surface area contributed by atoms with Crippen LogP contribution in [0.1, 0.15) is 38.3 Å². The maximum atomic E-state index is 4.65. The number of nitrogens with one attached hydrogen (secondary N) is 1. The van der Waals surface area contributed by atoms with Gasteiger partial charge in [0.2, 0.25) is 0 Å². The summed E-state index contributed by atoms with van der Waals surface area (Å²) in [5.41, 5.74) is 0.993. The van der Waals surface area contributed by atoms with Crippen molar-refractivity contribution in [1.29, 1.82) is 0 Å². The first-order valence-corrected chi connectivity index (χ1v) is 7.78. The van der Waals surface area contributed by atoms with Gasteiger partial charge in [-0.3, -0.25) is 4.98 Å². The highest BCUT2D eigenvalue weighted by Crippen LogP contribution is 2.02. The van der Waals surface area contributed by atoms with Gasteiger partial charge in [0, 0.05) is 26.3 Å². The minimum absolute atomic E-state index is 0. The monoisotopic (exact) mass is 416 g/mol. The SMILES string of the molecule is C=CCCCCCN(C)C(=NCc1ccccn1)NCC.I. The second-order valence-corrected chi connectivity index (χ2v) is 5.05. The lowest BCUT2D eigenvalue weighted by Gasteiger charge is -2.22. The standard InChI is InChI=1S/C17H28N4.HI/c1-4-6-7-8-11-14-21(3)17(18-5-2)20-15-16-12-9-10-13-19-16;/h4,9-10,12-13H,1,5-8,11,14-15H2,2-3H3,(H,18,20);1H. The number of hydrogen-bond donors (Lipinski definition) is 1. The molecule has 1 N–H and O–H groups in total. The van der Waals surface area contributed by atoms with Gasteiger partial charge in [-0.15, -0.1) is 30.6 Å². The molecule has 0 bridgehead atoms. The molecule has 1 rings (SSSR count). The Morgan fingerprint density at radius 3 is 2.82 bits per heavy atom. The molecular weight excluding hydrogens is 387 g/mol. The van der Waals surface area contributed by atoms with Crippen LogP contribution in [0, 0.1) is 0 Å². The van der Waals surface area contributed by atoms with Crippen molar-refractivity contribution in [2.75, 3.05) is 20.1 Å². The number of hydrogen-bond acceptors (Lipinski definition) is 2. The molecule has 0 amide bonds. The number of nitrogens with zero attached hydrogens (tertiary/aromatic N) is 3. The number of rotatable bonds is 9. The fourth-order valence-corrected chi connectivity index (χ4v) is 2.04. The van der Waals surface area contributed by atoms with E-state index in [2.05, 4.69) is 40.7 Å². The van der Waals surface area contributed by atoms with Crippen molar-refractivity contribution >= 4 is 29.9 Å². The summed E-state index contributed by atoms with van der Waals surface area (Å²) in [6, 6.07) is 5.92. The highest BCUT2D eigenvalue weighted by molar-refractivity contribution is 14.0. The van der Waals surface area contributed by atoms with Crippen molar-refractivity contribution in [3.8, 4) is 0 Å². The molecule has 0 aromatic carbocycles. The van der Waals surface area contributed by atoms with Gasteiger partial charge in [0.1, 0.15) is 0 Å². The summed E-state index contributed by atoms with van der Waals surface area (Å²) in [6.07, 6.45) is 8.54. The fraction of sp³-hybridized carbons (Fsp3) is 0.529. The second kappa shape index (κ2) is 13.5. The molecule has 1 heterocycles. The van der Waals surface area contributed by atoms with E-state index in [4.69, 9.17) is 0 Å². The number of aromatic nitrogens is 1. The Kier molecular flexibility index (Phi) is 12.9. The highest BCUT2D eigenvalue weighted by atomic mass is 127. The third-order valence-electron chi connectivity index (χ3n) is 3.22. The number of guanidine groups is 1. The van der Waals surface area contributed by atoms with Gasteiger partial charge in [-0.2, -0.15) is 0 Å². The van der Waals surface area contributed by atoms with E-state index in [9.17, 15) is 0 Å². The molecule has 1 aromatic rings. The molecule has 1 aromatic heterocycles. The fourth-order valence-electron chi connectivity index (χ4n) is 2.04. The quantitative estimate of drug-likeness (QED) is 0.219. The molecule has 22 heavy (non-hydrogen) atoms. The van der Waals surface area contributed by atoms with E-state index < -0.39 is 0 Å². The van der Waals surface area contributed by atoms with Crippen LogP contribution >= 0.6 is 24.0 Å². The molecular formula is C17H29IN4. The molecule has 0 radical (unpaired) electrons. The minimum Gasteiger partial charge on any atom is -0.357 e. The van der Waals surface area contributed by atoms with E-state index in [1.807, 2.05) is 24.3 Å². The first kappa shape index (κ1) is 20.9. The third-order valence-corrected chi connectivity index (χ3v) is 3.22. The number of aliphatic imine (C=N–C) groups is 1. The molecule has 0 spiro atoms. The number of pyridine rings is 1. The Bertz CT molecular complexity index is 420. The topological polar surface area (TPSA) is 40.5 Å². The van der Waals surface area contributed by atoms with Crippen LogP contribution in [0.25, 0.3) is 0 Å². The van der Waals surface area contributed by atoms with Gasteiger partial charge >= 0.3 is 0 Å².